The molecule has 0 spiro atoms. The highest BCUT2D eigenvalue weighted by atomic mass is 15.0. The second-order valence-corrected chi connectivity index (χ2v) is 37.3. The average Bonchev–Trinajstić information content (AvgIpc) is 1.61. The molecular formula is C132H84N18. The molecule has 0 amide bonds. The van der Waals surface area contributed by atoms with Gasteiger partial charge in [-0.1, -0.05) is 218 Å². The summed E-state index contributed by atoms with van der Waals surface area (Å²) in [6, 6.07) is 146. The molecular weight excluding hydrogens is 1840 g/mol. The van der Waals surface area contributed by atoms with Crippen LogP contribution in [-0.2, 0) is 0 Å². The van der Waals surface area contributed by atoms with Gasteiger partial charge in [0.15, 0.2) is 0 Å². The van der Waals surface area contributed by atoms with Crippen LogP contribution in [0.5, 0.6) is 0 Å². The van der Waals surface area contributed by atoms with Gasteiger partial charge in [-0.15, -0.1) is 0 Å². The maximum atomic E-state index is 4.84. The van der Waals surface area contributed by atoms with Gasteiger partial charge in [-0.05, 0) is 234 Å². The molecule has 0 aliphatic carbocycles. The zero-order valence-corrected chi connectivity index (χ0v) is 80.5. The Morgan fingerprint density at radius 2 is 0.313 bits per heavy atom. The van der Waals surface area contributed by atoms with E-state index in [0.29, 0.717) is 0 Å². The molecule has 0 N–H and O–H groups in total. The van der Waals surface area contributed by atoms with Gasteiger partial charge in [-0.25, -0.2) is 0 Å². The minimum Gasteiger partial charge on any atom is -0.309 e. The van der Waals surface area contributed by atoms with Crippen LogP contribution in [0.3, 0.4) is 0 Å². The summed E-state index contributed by atoms with van der Waals surface area (Å²) in [7, 11) is 0. The summed E-state index contributed by atoms with van der Waals surface area (Å²) in [4.78, 5) is 56.3. The summed E-state index contributed by atoms with van der Waals surface area (Å²) in [5, 5.41) is 10.5. The average molecular weight is 1920 g/mol. The molecule has 0 bridgehead atoms. The Labute approximate surface area is 859 Å². The minimum absolute atomic E-state index is 0.830. The minimum atomic E-state index is 0.830. The fourth-order valence-corrected chi connectivity index (χ4v) is 21.7. The summed E-state index contributed by atoms with van der Waals surface area (Å²) in [5.74, 6) is 0. The lowest BCUT2D eigenvalue weighted by molar-refractivity contribution is 1.17. The van der Waals surface area contributed by atoms with E-state index >= 15 is 0 Å². The van der Waals surface area contributed by atoms with E-state index in [9.17, 15) is 0 Å². The van der Waals surface area contributed by atoms with Gasteiger partial charge in [0.2, 0.25) is 0 Å². The van der Waals surface area contributed by atoms with Gasteiger partial charge in [0.1, 0.15) is 0 Å². The van der Waals surface area contributed by atoms with Crippen LogP contribution in [0, 0.1) is 0 Å². The molecule has 0 atom stereocenters. The van der Waals surface area contributed by atoms with Gasteiger partial charge in [0.05, 0.1) is 117 Å². The Kier molecular flexibility index (Phi) is 21.4. The topological polar surface area (TPSA) is 184 Å². The first kappa shape index (κ1) is 87.1. The maximum Gasteiger partial charge on any atom is 0.0963 e. The summed E-state index contributed by atoms with van der Waals surface area (Å²) in [5.41, 5.74) is 41.0. The number of nitrogens with zero attached hydrogens (tertiary/aromatic N) is 18. The van der Waals surface area contributed by atoms with E-state index in [1.807, 2.05) is 148 Å². The van der Waals surface area contributed by atoms with Crippen LogP contribution in [0.1, 0.15) is 0 Å². The largest absolute Gasteiger partial charge is 0.309 e. The Balaban J connectivity index is 0.000000108. The lowest BCUT2D eigenvalue weighted by Gasteiger charge is -2.11. The van der Waals surface area contributed by atoms with Crippen molar-refractivity contribution in [2.75, 3.05) is 0 Å². The number of hydrogen-bond donors (Lipinski definition) is 0. The Bertz CT molecular complexity index is 8620. The highest BCUT2D eigenvalue weighted by Crippen LogP contribution is 2.43. The Morgan fingerprint density at radius 1 is 0.120 bits per heavy atom. The number of fused-ring (bicyclic) bond motifs is 18. The van der Waals surface area contributed by atoms with Crippen molar-refractivity contribution in [3.63, 3.8) is 0 Å². The van der Waals surface area contributed by atoms with E-state index in [1.54, 1.807) is 0 Å². The lowest BCUT2D eigenvalue weighted by Crippen LogP contribution is -1.95. The molecule has 0 saturated carbocycles. The standard InChI is InChI=1S/3C44H28N6/c1-3-15-39-35(13-1)43-41(17-7-23-45-43)49(39)33-11-5-9-29(25-33)31-19-21-37(47-27-31)38-22-20-32(28-48-38)30-10-6-12-34(26-30)50-40-16-4-2-14-36(40)44-42(50)18-8-24-46-44;1-3-14-40-35(12-1)37-28-45-23-21-42(37)49(40)33-10-5-8-29(24-33)31-17-19-38(47-26-31)39-20-18-32(27-48-39)30-9-6-11-34(25-30)50-41-15-4-2-13-36(41)44-43(50)16-7-22-46-44;1-3-13-41-35(11-1)37-27-45-21-19-43(37)49(41)33-9-5-7-29(23-33)31-15-17-39(47-25-31)40-18-16-32(26-48-40)30-8-6-10-34(24-30)50-42-14-4-2-12-36(42)38-28-46-22-20-44(38)50/h3*1-28H. The molecule has 18 aromatic heterocycles. The van der Waals surface area contributed by atoms with E-state index in [1.165, 1.54) is 16.2 Å². The fraction of sp³-hybridized carbons (Fsp3) is 0. The third-order valence-electron chi connectivity index (χ3n) is 28.7. The van der Waals surface area contributed by atoms with Gasteiger partial charge in [0.25, 0.3) is 0 Å². The molecule has 0 fully saturated rings. The van der Waals surface area contributed by atoms with E-state index in [2.05, 4.69) is 406 Å². The molecule has 702 valence electrons. The Hall–Kier alpha value is -20.8. The molecule has 30 aromatic rings. The number of pyridine rings is 12. The number of hydrogen-bond acceptors (Lipinski definition) is 12. The van der Waals surface area contributed by atoms with Crippen molar-refractivity contribution in [1.29, 1.82) is 0 Å². The number of para-hydroxylation sites is 6. The first-order valence-electron chi connectivity index (χ1n) is 49.8. The number of aromatic nitrogens is 18. The number of rotatable bonds is 15. The number of benzene rings is 12. The molecule has 18 heterocycles. The van der Waals surface area contributed by atoms with Gasteiger partial charge in [-0.3, -0.25) is 59.8 Å². The van der Waals surface area contributed by atoms with Crippen LogP contribution in [0.2, 0.25) is 0 Å². The van der Waals surface area contributed by atoms with Gasteiger partial charge >= 0.3 is 0 Å². The molecule has 18 nitrogen and oxygen atoms in total. The summed E-state index contributed by atoms with van der Waals surface area (Å²) >= 11 is 0. The molecule has 0 aliphatic heterocycles. The van der Waals surface area contributed by atoms with Crippen LogP contribution >= 0.6 is 0 Å². The van der Waals surface area contributed by atoms with Crippen LogP contribution < -0.4 is 0 Å². The fourth-order valence-electron chi connectivity index (χ4n) is 21.7. The van der Waals surface area contributed by atoms with Crippen molar-refractivity contribution in [2.24, 2.45) is 0 Å². The van der Waals surface area contributed by atoms with Crippen molar-refractivity contribution in [3.8, 4) is 135 Å². The molecule has 0 unspecified atom stereocenters. The summed E-state index contributed by atoms with van der Waals surface area (Å²) in [6.07, 6.45) is 28.6. The zero-order chi connectivity index (χ0) is 99.1. The normalized spacial score (nSPS) is 11.6. The molecule has 0 radical (unpaired) electrons. The van der Waals surface area contributed by atoms with E-state index in [0.717, 1.165) is 250 Å². The first-order chi connectivity index (χ1) is 74.4. The second kappa shape index (κ2) is 36.9. The van der Waals surface area contributed by atoms with Gasteiger partial charge < -0.3 is 27.4 Å². The Morgan fingerprint density at radius 3 is 0.533 bits per heavy atom. The van der Waals surface area contributed by atoms with Crippen LogP contribution in [-0.4, -0.2) is 87.2 Å². The second-order valence-electron chi connectivity index (χ2n) is 37.3. The van der Waals surface area contributed by atoms with Gasteiger partial charge in [0, 0.05) is 209 Å². The van der Waals surface area contributed by atoms with Crippen molar-refractivity contribution >= 4 is 131 Å². The predicted octanol–water partition coefficient (Wildman–Crippen LogP) is 31.4. The summed E-state index contributed by atoms with van der Waals surface area (Å²) < 4.78 is 13.8. The van der Waals surface area contributed by atoms with E-state index < -0.39 is 0 Å². The molecule has 0 aliphatic rings. The van der Waals surface area contributed by atoms with Crippen molar-refractivity contribution in [2.45, 2.75) is 0 Å². The molecule has 18 heteroatoms. The predicted molar refractivity (Wildman–Crippen MR) is 608 cm³/mol. The van der Waals surface area contributed by atoms with Crippen molar-refractivity contribution < 1.29 is 0 Å². The van der Waals surface area contributed by atoms with Crippen molar-refractivity contribution in [3.05, 3.63) is 512 Å². The molecule has 30 rings (SSSR count). The van der Waals surface area contributed by atoms with E-state index in [-0.39, 0.29) is 0 Å². The van der Waals surface area contributed by atoms with Crippen LogP contribution in [0.25, 0.3) is 266 Å². The molecule has 150 heavy (non-hydrogen) atoms. The SMILES string of the molecule is c1cc(-c2ccc(-c3ccc(-c4cccc(-n5c6ccccc6c6cnccc65)c4)cn3)nc2)cc(-n2c3ccccc3c3cnccc32)c1.c1cc(-c2ccc(-c3ccc(-c4cccc(-n5c6ccccc6c6ncccc65)c4)cn3)nc2)cc(-n2c3ccccc3c3cnccc32)c1.c1cc(-c2ccc(-c3ccc(-c4cccc(-n5c6ccccc6c6ncccc65)c4)cn3)nc2)cc(-n2c3ccccc3c3ncccc32)c1. The monoisotopic (exact) mass is 1920 g/mol. The highest BCUT2D eigenvalue weighted by Gasteiger charge is 2.23. The summed E-state index contributed by atoms with van der Waals surface area (Å²) in [6.45, 7) is 0. The van der Waals surface area contributed by atoms with Crippen LogP contribution in [0.15, 0.2) is 512 Å². The van der Waals surface area contributed by atoms with E-state index in [4.69, 9.17) is 44.9 Å². The smallest absolute Gasteiger partial charge is 0.0963 e. The molecule has 0 saturated heterocycles. The lowest BCUT2D eigenvalue weighted by atomic mass is 10.0. The van der Waals surface area contributed by atoms with Crippen molar-refractivity contribution in [1.82, 2.24) is 87.2 Å². The maximum absolute atomic E-state index is 4.84. The highest BCUT2D eigenvalue weighted by molar-refractivity contribution is 6.13. The van der Waals surface area contributed by atoms with Gasteiger partial charge in [-0.2, -0.15) is 0 Å². The first-order valence-corrected chi connectivity index (χ1v) is 49.8. The third-order valence-corrected chi connectivity index (χ3v) is 28.7. The third kappa shape index (κ3) is 15.4. The van der Waals surface area contributed by atoms with Crippen LogP contribution in [0.4, 0.5) is 0 Å². The zero-order valence-electron chi connectivity index (χ0n) is 80.5. The quantitative estimate of drug-likeness (QED) is 0.0947. The molecule has 12 aromatic carbocycles.